The first-order chi connectivity index (χ1) is 10.4. The van der Waals surface area contributed by atoms with E-state index in [-0.39, 0.29) is 11.9 Å². The summed E-state index contributed by atoms with van der Waals surface area (Å²) in [5.74, 6) is 0.401. The predicted octanol–water partition coefficient (Wildman–Crippen LogP) is 4.46. The Bertz CT molecular complexity index is 697. The molecule has 0 unspecified atom stereocenters. The molecule has 0 radical (unpaired) electrons. The number of carbonyl (C=O) groups is 1. The van der Waals surface area contributed by atoms with Crippen LogP contribution in [-0.4, -0.2) is 13.0 Å². The zero-order chi connectivity index (χ0) is 16.3. The number of carbonyl (C=O) groups excluding carboxylic acids is 1. The van der Waals surface area contributed by atoms with Crippen molar-refractivity contribution in [1.29, 1.82) is 0 Å². The molecule has 2 rings (SSSR count). The molecule has 116 valence electrons. The second-order valence-electron chi connectivity index (χ2n) is 5.40. The van der Waals surface area contributed by atoms with Gasteiger partial charge in [0.25, 0.3) is 5.91 Å². The highest BCUT2D eigenvalue weighted by Crippen LogP contribution is 2.25. The van der Waals surface area contributed by atoms with E-state index in [4.69, 9.17) is 16.3 Å². The van der Waals surface area contributed by atoms with Gasteiger partial charge < -0.3 is 10.1 Å². The molecule has 0 aliphatic carbocycles. The molecule has 0 saturated carbocycles. The highest BCUT2D eigenvalue weighted by atomic mass is 35.5. The van der Waals surface area contributed by atoms with E-state index in [1.165, 1.54) is 11.1 Å². The van der Waals surface area contributed by atoms with Crippen molar-refractivity contribution >= 4 is 17.5 Å². The van der Waals surface area contributed by atoms with Crippen molar-refractivity contribution in [1.82, 2.24) is 5.32 Å². The van der Waals surface area contributed by atoms with Gasteiger partial charge >= 0.3 is 0 Å². The normalized spacial score (nSPS) is 11.9. The summed E-state index contributed by atoms with van der Waals surface area (Å²) < 4.78 is 5.09. The predicted molar refractivity (Wildman–Crippen MR) is 89.8 cm³/mol. The number of hydrogen-bond acceptors (Lipinski definition) is 2. The SMILES string of the molecule is COc1ccc(C(=O)N[C@H](C)c2ccc(C)cc2C)cc1Cl. The lowest BCUT2D eigenvalue weighted by atomic mass is 10.00. The van der Waals surface area contributed by atoms with Gasteiger partial charge in [-0.2, -0.15) is 0 Å². The molecule has 0 spiro atoms. The first-order valence-electron chi connectivity index (χ1n) is 7.14. The largest absolute Gasteiger partial charge is 0.495 e. The summed E-state index contributed by atoms with van der Waals surface area (Å²) in [6, 6.07) is 11.2. The molecule has 0 aliphatic rings. The second-order valence-corrected chi connectivity index (χ2v) is 5.81. The maximum absolute atomic E-state index is 12.3. The van der Waals surface area contributed by atoms with Crippen LogP contribution >= 0.6 is 11.6 Å². The van der Waals surface area contributed by atoms with Crippen LogP contribution in [0.4, 0.5) is 0 Å². The van der Waals surface area contributed by atoms with Gasteiger partial charge in [0.2, 0.25) is 0 Å². The average Bonchev–Trinajstić information content (AvgIpc) is 2.46. The van der Waals surface area contributed by atoms with Crippen LogP contribution in [0.5, 0.6) is 5.75 Å². The lowest BCUT2D eigenvalue weighted by Gasteiger charge is -2.17. The molecular formula is C18H20ClNO2. The molecule has 3 nitrogen and oxygen atoms in total. The number of aryl methyl sites for hydroxylation is 2. The lowest BCUT2D eigenvalue weighted by molar-refractivity contribution is 0.0940. The van der Waals surface area contributed by atoms with E-state index in [0.29, 0.717) is 16.3 Å². The minimum absolute atomic E-state index is 0.0750. The third-order valence-corrected chi connectivity index (χ3v) is 3.95. The van der Waals surface area contributed by atoms with Gasteiger partial charge in [-0.25, -0.2) is 0 Å². The van der Waals surface area contributed by atoms with Crippen molar-refractivity contribution in [3.8, 4) is 5.75 Å². The molecule has 0 aliphatic heterocycles. The minimum Gasteiger partial charge on any atom is -0.495 e. The number of nitrogens with one attached hydrogen (secondary N) is 1. The Kier molecular flexibility index (Phi) is 5.09. The molecular weight excluding hydrogens is 298 g/mol. The standard InChI is InChI=1S/C18H20ClNO2/c1-11-5-7-15(12(2)9-11)13(3)20-18(21)14-6-8-17(22-4)16(19)10-14/h5-10,13H,1-4H3,(H,20,21)/t13-/m1/s1. The summed E-state index contributed by atoms with van der Waals surface area (Å²) >= 11 is 6.06. The highest BCUT2D eigenvalue weighted by Gasteiger charge is 2.14. The van der Waals surface area contributed by atoms with Crippen molar-refractivity contribution < 1.29 is 9.53 Å². The Labute approximate surface area is 136 Å². The topological polar surface area (TPSA) is 38.3 Å². The average molecular weight is 318 g/mol. The Morgan fingerprint density at radius 1 is 1.18 bits per heavy atom. The van der Waals surface area contributed by atoms with Crippen LogP contribution in [0.3, 0.4) is 0 Å². The number of methoxy groups -OCH3 is 1. The Morgan fingerprint density at radius 3 is 2.50 bits per heavy atom. The molecule has 1 amide bonds. The van der Waals surface area contributed by atoms with Gasteiger partial charge in [0.15, 0.2) is 0 Å². The number of amides is 1. The van der Waals surface area contributed by atoms with Crippen LogP contribution in [0.15, 0.2) is 36.4 Å². The Morgan fingerprint density at radius 2 is 1.91 bits per heavy atom. The van der Waals surface area contributed by atoms with E-state index in [1.807, 2.05) is 6.92 Å². The highest BCUT2D eigenvalue weighted by molar-refractivity contribution is 6.32. The molecule has 0 fully saturated rings. The van der Waals surface area contributed by atoms with Gasteiger partial charge in [-0.05, 0) is 50.1 Å². The zero-order valence-electron chi connectivity index (χ0n) is 13.2. The molecule has 0 saturated heterocycles. The van der Waals surface area contributed by atoms with Crippen molar-refractivity contribution in [2.24, 2.45) is 0 Å². The monoisotopic (exact) mass is 317 g/mol. The fourth-order valence-electron chi connectivity index (χ4n) is 2.48. The summed E-state index contributed by atoms with van der Waals surface area (Å²) in [7, 11) is 1.54. The van der Waals surface area contributed by atoms with Crippen LogP contribution in [0.2, 0.25) is 5.02 Å². The van der Waals surface area contributed by atoms with Crippen LogP contribution in [0.1, 0.15) is 40.0 Å². The summed E-state index contributed by atoms with van der Waals surface area (Å²) in [6.07, 6.45) is 0. The lowest BCUT2D eigenvalue weighted by Crippen LogP contribution is -2.27. The number of halogens is 1. The molecule has 4 heteroatoms. The number of hydrogen-bond donors (Lipinski definition) is 1. The smallest absolute Gasteiger partial charge is 0.251 e. The molecule has 1 N–H and O–H groups in total. The van der Waals surface area contributed by atoms with Crippen molar-refractivity contribution in [2.75, 3.05) is 7.11 Å². The van der Waals surface area contributed by atoms with Gasteiger partial charge in [0.1, 0.15) is 5.75 Å². The van der Waals surface area contributed by atoms with Gasteiger partial charge in [-0.3, -0.25) is 4.79 Å². The summed E-state index contributed by atoms with van der Waals surface area (Å²) in [5.41, 5.74) is 4.00. The molecule has 2 aromatic carbocycles. The fraction of sp³-hybridized carbons (Fsp3) is 0.278. The van der Waals surface area contributed by atoms with Crippen molar-refractivity contribution in [3.63, 3.8) is 0 Å². The molecule has 22 heavy (non-hydrogen) atoms. The molecule has 1 atom stereocenters. The number of rotatable bonds is 4. The summed E-state index contributed by atoms with van der Waals surface area (Å²) in [4.78, 5) is 12.3. The van der Waals surface area contributed by atoms with Crippen molar-refractivity contribution in [2.45, 2.75) is 26.8 Å². The Hall–Kier alpha value is -2.00. The van der Waals surface area contributed by atoms with Crippen molar-refractivity contribution in [3.05, 3.63) is 63.7 Å². The Balaban J connectivity index is 2.15. The maximum atomic E-state index is 12.3. The third kappa shape index (κ3) is 3.60. The van der Waals surface area contributed by atoms with Gasteiger partial charge in [-0.15, -0.1) is 0 Å². The number of benzene rings is 2. The quantitative estimate of drug-likeness (QED) is 0.904. The minimum atomic E-state index is -0.156. The van der Waals surface area contributed by atoms with Gasteiger partial charge in [-0.1, -0.05) is 35.4 Å². The molecule has 0 bridgehead atoms. The van der Waals surface area contributed by atoms with E-state index in [9.17, 15) is 4.79 Å². The van der Waals surface area contributed by atoms with Crippen LogP contribution < -0.4 is 10.1 Å². The third-order valence-electron chi connectivity index (χ3n) is 3.65. The van der Waals surface area contributed by atoms with Crippen LogP contribution in [0, 0.1) is 13.8 Å². The summed E-state index contributed by atoms with van der Waals surface area (Å²) in [5, 5.41) is 3.42. The second kappa shape index (κ2) is 6.84. The van der Waals surface area contributed by atoms with E-state index in [2.05, 4.69) is 37.4 Å². The molecule has 0 aromatic heterocycles. The first-order valence-corrected chi connectivity index (χ1v) is 7.51. The number of ether oxygens (including phenoxy) is 1. The van der Waals surface area contributed by atoms with Crippen LogP contribution in [0.25, 0.3) is 0 Å². The van der Waals surface area contributed by atoms with E-state index in [0.717, 1.165) is 5.56 Å². The zero-order valence-corrected chi connectivity index (χ0v) is 14.0. The van der Waals surface area contributed by atoms with E-state index in [1.54, 1.807) is 25.3 Å². The van der Waals surface area contributed by atoms with E-state index >= 15 is 0 Å². The van der Waals surface area contributed by atoms with Gasteiger partial charge in [0, 0.05) is 5.56 Å². The van der Waals surface area contributed by atoms with E-state index < -0.39 is 0 Å². The first kappa shape index (κ1) is 16.4. The van der Waals surface area contributed by atoms with Crippen LogP contribution in [-0.2, 0) is 0 Å². The summed E-state index contributed by atoms with van der Waals surface area (Å²) in [6.45, 7) is 6.08. The fourth-order valence-corrected chi connectivity index (χ4v) is 2.73. The molecule has 0 heterocycles. The maximum Gasteiger partial charge on any atom is 0.251 e. The van der Waals surface area contributed by atoms with Gasteiger partial charge in [0.05, 0.1) is 18.2 Å². The molecule has 2 aromatic rings.